The summed E-state index contributed by atoms with van der Waals surface area (Å²) in [6, 6.07) is 5.94. The third-order valence-electron chi connectivity index (χ3n) is 5.49. The molecule has 2 fully saturated rings. The Kier molecular flexibility index (Phi) is 4.58. The zero-order valence-corrected chi connectivity index (χ0v) is 16.6. The molecule has 0 bridgehead atoms. The summed E-state index contributed by atoms with van der Waals surface area (Å²) in [7, 11) is -3.10. The SMILES string of the molecule is CC1(C(=O)NC2CCN(c3nc4cc(Cl)ccc4o3)CC2)CCS(=O)(=O)C1. The molecule has 2 aliphatic heterocycles. The van der Waals surface area contributed by atoms with Crippen molar-refractivity contribution in [3.8, 4) is 0 Å². The molecule has 0 saturated carbocycles. The Morgan fingerprint density at radius 2 is 2.11 bits per heavy atom. The van der Waals surface area contributed by atoms with Crippen LogP contribution in [0, 0.1) is 5.41 Å². The number of sulfone groups is 1. The Labute approximate surface area is 163 Å². The van der Waals surface area contributed by atoms with Crippen molar-refractivity contribution in [3.63, 3.8) is 0 Å². The van der Waals surface area contributed by atoms with E-state index in [0.717, 1.165) is 18.4 Å². The van der Waals surface area contributed by atoms with E-state index in [0.29, 0.717) is 36.1 Å². The van der Waals surface area contributed by atoms with Crippen molar-refractivity contribution in [1.82, 2.24) is 10.3 Å². The molecule has 3 heterocycles. The van der Waals surface area contributed by atoms with Gasteiger partial charge in [0, 0.05) is 24.2 Å². The van der Waals surface area contributed by atoms with E-state index >= 15 is 0 Å². The monoisotopic (exact) mass is 411 g/mol. The summed E-state index contributed by atoms with van der Waals surface area (Å²) >= 11 is 5.99. The second kappa shape index (κ2) is 6.67. The van der Waals surface area contributed by atoms with E-state index in [4.69, 9.17) is 16.0 Å². The fourth-order valence-electron chi connectivity index (χ4n) is 3.79. The number of piperidine rings is 1. The molecule has 0 spiro atoms. The van der Waals surface area contributed by atoms with Gasteiger partial charge in [-0.2, -0.15) is 4.98 Å². The minimum Gasteiger partial charge on any atom is -0.423 e. The first-order valence-corrected chi connectivity index (χ1v) is 11.3. The molecule has 1 amide bonds. The average Bonchev–Trinajstić information content (AvgIpc) is 3.16. The van der Waals surface area contributed by atoms with Crippen molar-refractivity contribution in [2.24, 2.45) is 5.41 Å². The molecule has 1 N–H and O–H groups in total. The highest BCUT2D eigenvalue weighted by Crippen LogP contribution is 2.32. The molecular weight excluding hydrogens is 390 g/mol. The number of fused-ring (bicyclic) bond motifs is 1. The Morgan fingerprint density at radius 3 is 2.78 bits per heavy atom. The summed E-state index contributed by atoms with van der Waals surface area (Å²) in [5.41, 5.74) is 0.610. The number of benzene rings is 1. The van der Waals surface area contributed by atoms with E-state index < -0.39 is 15.3 Å². The molecule has 1 aromatic heterocycles. The number of amides is 1. The van der Waals surface area contributed by atoms with Gasteiger partial charge in [0.1, 0.15) is 5.52 Å². The minimum atomic E-state index is -3.10. The number of carbonyl (C=O) groups is 1. The second-order valence-electron chi connectivity index (χ2n) is 7.75. The van der Waals surface area contributed by atoms with Crippen molar-refractivity contribution >= 4 is 44.5 Å². The van der Waals surface area contributed by atoms with E-state index in [1.807, 2.05) is 0 Å². The van der Waals surface area contributed by atoms with Gasteiger partial charge in [-0.05, 0) is 44.4 Å². The Balaban J connectivity index is 1.36. The van der Waals surface area contributed by atoms with Crippen LogP contribution < -0.4 is 10.2 Å². The third kappa shape index (κ3) is 3.78. The third-order valence-corrected chi connectivity index (χ3v) is 7.63. The molecule has 2 aliphatic rings. The standard InChI is InChI=1S/C18H22ClN3O4S/c1-18(6-9-27(24,25)11-18)16(23)20-13-4-7-22(8-5-13)17-21-14-10-12(19)2-3-15(14)26-17/h2-3,10,13H,4-9,11H2,1H3,(H,20,23). The van der Waals surface area contributed by atoms with E-state index in [9.17, 15) is 13.2 Å². The fourth-order valence-corrected chi connectivity index (χ4v) is 6.11. The molecule has 4 rings (SSSR count). The number of nitrogens with zero attached hydrogens (tertiary/aromatic N) is 2. The number of aromatic nitrogens is 1. The summed E-state index contributed by atoms with van der Waals surface area (Å²) in [4.78, 5) is 19.1. The summed E-state index contributed by atoms with van der Waals surface area (Å²) in [6.45, 7) is 3.16. The first-order valence-electron chi connectivity index (χ1n) is 9.07. The van der Waals surface area contributed by atoms with Gasteiger partial charge < -0.3 is 14.6 Å². The quantitative estimate of drug-likeness (QED) is 0.833. The van der Waals surface area contributed by atoms with Crippen LogP contribution in [0.15, 0.2) is 22.6 Å². The first-order chi connectivity index (χ1) is 12.7. The molecule has 2 saturated heterocycles. The molecule has 1 aromatic carbocycles. The van der Waals surface area contributed by atoms with E-state index in [2.05, 4.69) is 15.2 Å². The lowest BCUT2D eigenvalue weighted by atomic mass is 9.88. The van der Waals surface area contributed by atoms with Gasteiger partial charge in [-0.25, -0.2) is 8.42 Å². The smallest absolute Gasteiger partial charge is 0.298 e. The molecule has 1 unspecified atom stereocenters. The lowest BCUT2D eigenvalue weighted by Crippen LogP contribution is -2.49. The van der Waals surface area contributed by atoms with Gasteiger partial charge in [0.15, 0.2) is 15.4 Å². The first kappa shape index (κ1) is 18.6. The van der Waals surface area contributed by atoms with Gasteiger partial charge in [-0.3, -0.25) is 4.79 Å². The molecule has 27 heavy (non-hydrogen) atoms. The fraction of sp³-hybridized carbons (Fsp3) is 0.556. The van der Waals surface area contributed by atoms with Crippen molar-refractivity contribution in [2.45, 2.75) is 32.2 Å². The average molecular weight is 412 g/mol. The number of hydrogen-bond acceptors (Lipinski definition) is 6. The molecular formula is C18H22ClN3O4S. The normalized spacial score (nSPS) is 25.8. The maximum absolute atomic E-state index is 12.6. The number of oxazole rings is 1. The number of carbonyl (C=O) groups excluding carboxylic acids is 1. The Morgan fingerprint density at radius 1 is 1.37 bits per heavy atom. The van der Waals surface area contributed by atoms with Crippen LogP contribution in [0.4, 0.5) is 6.01 Å². The summed E-state index contributed by atoms with van der Waals surface area (Å²) < 4.78 is 29.3. The zero-order chi connectivity index (χ0) is 19.2. The Hall–Kier alpha value is -1.80. The molecule has 2 aromatic rings. The predicted octanol–water partition coefficient (Wildman–Crippen LogP) is 2.39. The van der Waals surface area contributed by atoms with E-state index in [1.54, 1.807) is 25.1 Å². The number of hydrogen-bond donors (Lipinski definition) is 1. The molecule has 146 valence electrons. The number of anilines is 1. The summed E-state index contributed by atoms with van der Waals surface area (Å²) in [5, 5.41) is 3.66. The maximum atomic E-state index is 12.6. The van der Waals surface area contributed by atoms with Crippen molar-refractivity contribution in [2.75, 3.05) is 29.5 Å². The molecule has 9 heteroatoms. The van der Waals surface area contributed by atoms with Crippen LogP contribution in [0.2, 0.25) is 5.02 Å². The molecule has 1 atom stereocenters. The summed E-state index contributed by atoms with van der Waals surface area (Å²) in [6.07, 6.45) is 1.91. The van der Waals surface area contributed by atoms with E-state index in [-0.39, 0.29) is 23.5 Å². The highest BCUT2D eigenvalue weighted by Gasteiger charge is 2.44. The van der Waals surface area contributed by atoms with Gasteiger partial charge in [0.2, 0.25) is 5.91 Å². The van der Waals surface area contributed by atoms with Gasteiger partial charge >= 0.3 is 0 Å². The molecule has 0 radical (unpaired) electrons. The van der Waals surface area contributed by atoms with Crippen molar-refractivity contribution in [1.29, 1.82) is 0 Å². The van der Waals surface area contributed by atoms with Crippen LogP contribution in [0.25, 0.3) is 11.1 Å². The lowest BCUT2D eigenvalue weighted by Gasteiger charge is -2.33. The lowest BCUT2D eigenvalue weighted by molar-refractivity contribution is -0.129. The number of halogens is 1. The van der Waals surface area contributed by atoms with Crippen LogP contribution in [0.1, 0.15) is 26.2 Å². The van der Waals surface area contributed by atoms with Crippen LogP contribution in [-0.2, 0) is 14.6 Å². The highest BCUT2D eigenvalue weighted by molar-refractivity contribution is 7.91. The molecule has 7 nitrogen and oxygen atoms in total. The highest BCUT2D eigenvalue weighted by atomic mass is 35.5. The minimum absolute atomic E-state index is 0.0349. The van der Waals surface area contributed by atoms with Gasteiger partial charge in [-0.1, -0.05) is 11.6 Å². The van der Waals surface area contributed by atoms with Crippen LogP contribution in [0.3, 0.4) is 0 Å². The van der Waals surface area contributed by atoms with Gasteiger partial charge in [-0.15, -0.1) is 0 Å². The predicted molar refractivity (Wildman–Crippen MR) is 104 cm³/mol. The molecule has 0 aliphatic carbocycles. The summed E-state index contributed by atoms with van der Waals surface area (Å²) in [5.74, 6) is -0.119. The zero-order valence-electron chi connectivity index (χ0n) is 15.1. The van der Waals surface area contributed by atoms with Gasteiger partial charge in [0.05, 0.1) is 16.9 Å². The second-order valence-corrected chi connectivity index (χ2v) is 10.4. The van der Waals surface area contributed by atoms with Crippen LogP contribution >= 0.6 is 11.6 Å². The maximum Gasteiger partial charge on any atom is 0.298 e. The van der Waals surface area contributed by atoms with Crippen LogP contribution in [0.5, 0.6) is 0 Å². The van der Waals surface area contributed by atoms with Crippen molar-refractivity contribution in [3.05, 3.63) is 23.2 Å². The largest absolute Gasteiger partial charge is 0.423 e. The number of rotatable bonds is 3. The van der Waals surface area contributed by atoms with Crippen molar-refractivity contribution < 1.29 is 17.6 Å². The van der Waals surface area contributed by atoms with Crippen LogP contribution in [-0.4, -0.2) is 49.9 Å². The Bertz CT molecular complexity index is 982. The number of nitrogens with one attached hydrogen (secondary N) is 1. The van der Waals surface area contributed by atoms with Gasteiger partial charge in [0.25, 0.3) is 6.01 Å². The van der Waals surface area contributed by atoms with E-state index in [1.165, 1.54) is 0 Å². The topological polar surface area (TPSA) is 92.5 Å².